The van der Waals surface area contributed by atoms with Crippen molar-refractivity contribution in [1.29, 1.82) is 0 Å². The number of unbranched alkanes of at least 4 members (excludes halogenated alkanes) is 4. The first kappa shape index (κ1) is 36.0. The summed E-state index contributed by atoms with van der Waals surface area (Å²) in [5.41, 5.74) is 0. The van der Waals surface area contributed by atoms with Crippen LogP contribution in [0.2, 0.25) is 0 Å². The molecule has 0 bridgehead atoms. The summed E-state index contributed by atoms with van der Waals surface area (Å²) in [6.07, 6.45) is 8.15. The largest absolute Gasteiger partial charge is 0.412 e. The molecular formula is C14H40O2. The molecule has 0 aromatic carbocycles. The Balaban J connectivity index is -0.0000000218. The SMILES string of the molecule is CC.CC.CCCCC.CCCCC.O.O. The van der Waals surface area contributed by atoms with Crippen molar-refractivity contribution in [2.45, 2.75) is 93.9 Å². The van der Waals surface area contributed by atoms with Gasteiger partial charge >= 0.3 is 0 Å². The highest BCUT2D eigenvalue weighted by Crippen LogP contribution is 1.88. The molecule has 0 heterocycles. The van der Waals surface area contributed by atoms with Gasteiger partial charge in [0.1, 0.15) is 0 Å². The Hall–Kier alpha value is -0.0800. The standard InChI is InChI=1S/2C5H12.2C2H6.2H2O/c2*1-3-5-4-2;2*1-2;;/h2*3-5H2,1-2H3;2*1-2H3;2*1H2. The summed E-state index contributed by atoms with van der Waals surface area (Å²) in [7, 11) is 0. The minimum absolute atomic E-state index is 0. The van der Waals surface area contributed by atoms with Crippen molar-refractivity contribution in [3.63, 3.8) is 0 Å². The predicted octanol–water partition coefficient (Wildman–Crippen LogP) is 4.80. The lowest BCUT2D eigenvalue weighted by Gasteiger charge is -1.79. The van der Waals surface area contributed by atoms with Crippen LogP contribution in [-0.2, 0) is 0 Å². The third-order valence-corrected chi connectivity index (χ3v) is 1.41. The molecule has 0 aliphatic rings. The first-order chi connectivity index (χ1) is 6.83. The second kappa shape index (κ2) is 82.5. The molecule has 4 N–H and O–H groups in total. The molecule has 0 rings (SSSR count). The molecule has 0 saturated carbocycles. The van der Waals surface area contributed by atoms with Gasteiger partial charge < -0.3 is 11.0 Å². The van der Waals surface area contributed by atoms with Gasteiger partial charge in [-0.15, -0.1) is 0 Å². The fraction of sp³-hybridized carbons (Fsp3) is 1.00. The molecule has 0 unspecified atom stereocenters. The summed E-state index contributed by atoms with van der Waals surface area (Å²) in [4.78, 5) is 0. The molecule has 2 heteroatoms. The van der Waals surface area contributed by atoms with Gasteiger partial charge in [-0.2, -0.15) is 0 Å². The van der Waals surface area contributed by atoms with Crippen molar-refractivity contribution in [3.8, 4) is 0 Å². The van der Waals surface area contributed by atoms with Crippen LogP contribution in [0.3, 0.4) is 0 Å². The van der Waals surface area contributed by atoms with Crippen LogP contribution in [-0.4, -0.2) is 11.0 Å². The highest BCUT2D eigenvalue weighted by Gasteiger charge is 1.68. The highest BCUT2D eigenvalue weighted by atomic mass is 16.0. The van der Waals surface area contributed by atoms with Crippen molar-refractivity contribution >= 4 is 0 Å². The molecule has 2 nitrogen and oxygen atoms in total. The van der Waals surface area contributed by atoms with E-state index in [4.69, 9.17) is 0 Å². The van der Waals surface area contributed by atoms with E-state index >= 15 is 0 Å². The molecule has 0 aliphatic heterocycles. The summed E-state index contributed by atoms with van der Waals surface area (Å²) in [5, 5.41) is 0. The zero-order chi connectivity index (χ0) is 12.2. The van der Waals surface area contributed by atoms with Gasteiger partial charge in [0, 0.05) is 0 Å². The Bertz CT molecular complexity index is 29.7. The lowest BCUT2D eigenvalue weighted by Crippen LogP contribution is -1.59. The number of rotatable bonds is 4. The minimum atomic E-state index is 0. The fourth-order valence-corrected chi connectivity index (χ4v) is 0.707. The van der Waals surface area contributed by atoms with Crippen LogP contribution in [0.25, 0.3) is 0 Å². The Morgan fingerprint density at radius 2 is 0.562 bits per heavy atom. The average Bonchev–Trinajstić information content (AvgIpc) is 2.27. The van der Waals surface area contributed by atoms with Gasteiger partial charge in [-0.1, -0.05) is 93.9 Å². The van der Waals surface area contributed by atoms with Crippen LogP contribution in [0.5, 0.6) is 0 Å². The van der Waals surface area contributed by atoms with E-state index in [2.05, 4.69) is 27.7 Å². The third-order valence-electron chi connectivity index (χ3n) is 1.41. The fourth-order valence-electron chi connectivity index (χ4n) is 0.707. The van der Waals surface area contributed by atoms with Crippen molar-refractivity contribution in [3.05, 3.63) is 0 Å². The highest BCUT2D eigenvalue weighted by molar-refractivity contribution is 4.24. The van der Waals surface area contributed by atoms with E-state index in [1.807, 2.05) is 27.7 Å². The topological polar surface area (TPSA) is 63.0 Å². The molecule has 0 spiro atoms. The lowest BCUT2D eigenvalue weighted by molar-refractivity contribution is 0.772. The second-order valence-electron chi connectivity index (χ2n) is 2.71. The zero-order valence-electron chi connectivity index (χ0n) is 13.2. The zero-order valence-corrected chi connectivity index (χ0v) is 13.2. The Morgan fingerprint density at radius 3 is 0.562 bits per heavy atom. The van der Waals surface area contributed by atoms with Crippen LogP contribution >= 0.6 is 0 Å². The molecule has 0 amide bonds. The smallest absolute Gasteiger partial charge is 0.0538 e. The van der Waals surface area contributed by atoms with E-state index in [1.165, 1.54) is 38.5 Å². The molecule has 0 aromatic rings. The van der Waals surface area contributed by atoms with E-state index in [-0.39, 0.29) is 11.0 Å². The van der Waals surface area contributed by atoms with Gasteiger partial charge in [-0.05, 0) is 0 Å². The van der Waals surface area contributed by atoms with Crippen LogP contribution in [0.15, 0.2) is 0 Å². The van der Waals surface area contributed by atoms with Crippen molar-refractivity contribution in [2.75, 3.05) is 0 Å². The Kier molecular flexibility index (Phi) is 186. The molecule has 0 aliphatic carbocycles. The Morgan fingerprint density at radius 1 is 0.438 bits per heavy atom. The molecule has 0 atom stereocenters. The lowest BCUT2D eigenvalue weighted by atomic mass is 10.3. The number of hydrogen-bond acceptors (Lipinski definition) is 0. The van der Waals surface area contributed by atoms with Crippen LogP contribution in [0, 0.1) is 0 Å². The molecule has 16 heavy (non-hydrogen) atoms. The predicted molar refractivity (Wildman–Crippen MR) is 80.3 cm³/mol. The van der Waals surface area contributed by atoms with Crippen LogP contribution in [0.1, 0.15) is 93.9 Å². The van der Waals surface area contributed by atoms with Gasteiger partial charge in [-0.25, -0.2) is 0 Å². The van der Waals surface area contributed by atoms with Gasteiger partial charge in [0.2, 0.25) is 0 Å². The maximum absolute atomic E-state index is 2.21. The molecule has 0 radical (unpaired) electrons. The van der Waals surface area contributed by atoms with E-state index < -0.39 is 0 Å². The molecule has 0 aromatic heterocycles. The summed E-state index contributed by atoms with van der Waals surface area (Å²) >= 11 is 0. The third kappa shape index (κ3) is 151. The maximum Gasteiger partial charge on any atom is -0.0538 e. The van der Waals surface area contributed by atoms with E-state index in [1.54, 1.807) is 0 Å². The van der Waals surface area contributed by atoms with Crippen LogP contribution in [0.4, 0.5) is 0 Å². The molecule has 0 fully saturated rings. The van der Waals surface area contributed by atoms with E-state index in [9.17, 15) is 0 Å². The van der Waals surface area contributed by atoms with E-state index in [0.29, 0.717) is 0 Å². The summed E-state index contributed by atoms with van der Waals surface area (Å²) in [6, 6.07) is 0. The maximum atomic E-state index is 2.21. The quantitative estimate of drug-likeness (QED) is 0.678. The first-order valence-electron chi connectivity index (χ1n) is 6.83. The van der Waals surface area contributed by atoms with Gasteiger partial charge in [0.25, 0.3) is 0 Å². The Labute approximate surface area is 105 Å². The van der Waals surface area contributed by atoms with Crippen molar-refractivity contribution in [1.82, 2.24) is 0 Å². The van der Waals surface area contributed by atoms with Crippen molar-refractivity contribution in [2.24, 2.45) is 0 Å². The molecule has 0 saturated heterocycles. The summed E-state index contributed by atoms with van der Waals surface area (Å²) in [6.45, 7) is 16.8. The molecular weight excluding hydrogens is 200 g/mol. The van der Waals surface area contributed by atoms with Crippen LogP contribution < -0.4 is 0 Å². The second-order valence-corrected chi connectivity index (χ2v) is 2.71. The average molecular weight is 240 g/mol. The summed E-state index contributed by atoms with van der Waals surface area (Å²) < 4.78 is 0. The van der Waals surface area contributed by atoms with E-state index in [0.717, 1.165) is 0 Å². The summed E-state index contributed by atoms with van der Waals surface area (Å²) in [5.74, 6) is 0. The van der Waals surface area contributed by atoms with Gasteiger partial charge in [-0.3, -0.25) is 0 Å². The first-order valence-corrected chi connectivity index (χ1v) is 6.83. The minimum Gasteiger partial charge on any atom is -0.412 e. The number of hydrogen-bond donors (Lipinski definition) is 0. The van der Waals surface area contributed by atoms with Gasteiger partial charge in [0.05, 0.1) is 0 Å². The normalized spacial score (nSPS) is 6.00. The monoisotopic (exact) mass is 240 g/mol. The van der Waals surface area contributed by atoms with Crippen molar-refractivity contribution < 1.29 is 11.0 Å². The van der Waals surface area contributed by atoms with Gasteiger partial charge in [0.15, 0.2) is 0 Å². The molecule has 108 valence electrons.